The largest absolute Gasteiger partial charge is 0.573 e. The van der Waals surface area contributed by atoms with Gasteiger partial charge in [0.25, 0.3) is 0 Å². The van der Waals surface area contributed by atoms with Crippen molar-refractivity contribution in [2.24, 2.45) is 0 Å². The Balaban J connectivity index is 1.68. The first-order valence-electron chi connectivity index (χ1n) is 8.79. The van der Waals surface area contributed by atoms with Gasteiger partial charge in [-0.2, -0.15) is 0 Å². The SMILES string of the molecule is COc1ccc(C(=O)OCc2ccc(OC(F)(F)F)cc2)cc1S(=O)(=O)NC1CC1. The zero-order valence-corrected chi connectivity index (χ0v) is 16.5. The Bertz CT molecular complexity index is 1020. The lowest BCUT2D eigenvalue weighted by atomic mass is 10.2. The molecule has 3 rings (SSSR count). The standard InChI is InChI=1S/C19H18F3NO6S/c1-27-16-9-4-13(10-17(16)30(25,26)23-14-5-6-14)18(24)28-11-12-2-7-15(8-3-12)29-19(20,21)22/h2-4,7-10,14,23H,5-6,11H2,1H3. The predicted molar refractivity (Wildman–Crippen MR) is 98.6 cm³/mol. The third-order valence-electron chi connectivity index (χ3n) is 4.11. The minimum absolute atomic E-state index is 0.0102. The summed E-state index contributed by atoms with van der Waals surface area (Å²) in [5.74, 6) is -1.11. The molecule has 0 aromatic heterocycles. The van der Waals surface area contributed by atoms with Crippen molar-refractivity contribution < 1.29 is 40.6 Å². The maximum Gasteiger partial charge on any atom is 0.573 e. The molecule has 30 heavy (non-hydrogen) atoms. The molecule has 7 nitrogen and oxygen atoms in total. The molecule has 1 aliphatic rings. The zero-order chi connectivity index (χ0) is 21.9. The van der Waals surface area contributed by atoms with Crippen LogP contribution >= 0.6 is 0 Å². The highest BCUT2D eigenvalue weighted by atomic mass is 32.2. The number of sulfonamides is 1. The number of carbonyl (C=O) groups is 1. The summed E-state index contributed by atoms with van der Waals surface area (Å²) in [6.45, 7) is -0.223. The van der Waals surface area contributed by atoms with Crippen LogP contribution < -0.4 is 14.2 Å². The lowest BCUT2D eigenvalue weighted by molar-refractivity contribution is -0.274. The lowest BCUT2D eigenvalue weighted by Gasteiger charge is -2.12. The summed E-state index contributed by atoms with van der Waals surface area (Å²) in [4.78, 5) is 12.2. The maximum atomic E-state index is 12.5. The van der Waals surface area contributed by atoms with Crippen LogP contribution in [-0.4, -0.2) is 33.9 Å². The molecule has 0 unspecified atom stereocenters. The number of methoxy groups -OCH3 is 1. The van der Waals surface area contributed by atoms with Crippen molar-refractivity contribution in [2.75, 3.05) is 7.11 Å². The van der Waals surface area contributed by atoms with Crippen molar-refractivity contribution in [1.82, 2.24) is 4.72 Å². The van der Waals surface area contributed by atoms with E-state index in [1.807, 2.05) is 0 Å². The number of hydrogen-bond donors (Lipinski definition) is 1. The number of rotatable bonds is 8. The van der Waals surface area contributed by atoms with Gasteiger partial charge in [0.05, 0.1) is 12.7 Å². The molecule has 11 heteroatoms. The van der Waals surface area contributed by atoms with Gasteiger partial charge in [0, 0.05) is 6.04 Å². The molecule has 0 heterocycles. The summed E-state index contributed by atoms with van der Waals surface area (Å²) in [7, 11) is -2.56. The molecule has 162 valence electrons. The summed E-state index contributed by atoms with van der Waals surface area (Å²) in [6, 6.07) is 8.57. The maximum absolute atomic E-state index is 12.5. The van der Waals surface area contributed by atoms with Gasteiger partial charge in [0.2, 0.25) is 10.0 Å². The smallest absolute Gasteiger partial charge is 0.495 e. The first kappa shape index (κ1) is 21.9. The Kier molecular flexibility index (Phi) is 6.22. The van der Waals surface area contributed by atoms with Gasteiger partial charge in [-0.3, -0.25) is 0 Å². The summed E-state index contributed by atoms with van der Waals surface area (Å²) in [6.07, 6.45) is -3.30. The summed E-state index contributed by atoms with van der Waals surface area (Å²) < 4.78 is 78.1. The molecule has 0 atom stereocenters. The van der Waals surface area contributed by atoms with E-state index in [0.29, 0.717) is 5.56 Å². The monoisotopic (exact) mass is 445 g/mol. The minimum atomic E-state index is -4.80. The number of ether oxygens (including phenoxy) is 3. The Labute approximate surface area is 170 Å². The molecule has 1 fully saturated rings. The van der Waals surface area contributed by atoms with E-state index in [9.17, 15) is 26.4 Å². The van der Waals surface area contributed by atoms with Crippen molar-refractivity contribution in [2.45, 2.75) is 36.7 Å². The van der Waals surface area contributed by atoms with Crippen LogP contribution in [0.2, 0.25) is 0 Å². The second-order valence-electron chi connectivity index (χ2n) is 6.53. The summed E-state index contributed by atoms with van der Waals surface area (Å²) in [5.41, 5.74) is 0.415. The molecule has 0 bridgehead atoms. The van der Waals surface area contributed by atoms with Crippen LogP contribution in [0.15, 0.2) is 47.4 Å². The number of hydrogen-bond acceptors (Lipinski definition) is 6. The Morgan fingerprint density at radius 3 is 2.37 bits per heavy atom. The Morgan fingerprint density at radius 2 is 1.80 bits per heavy atom. The highest BCUT2D eigenvalue weighted by molar-refractivity contribution is 7.89. The summed E-state index contributed by atoms with van der Waals surface area (Å²) >= 11 is 0. The topological polar surface area (TPSA) is 90.9 Å². The fraction of sp³-hybridized carbons (Fsp3) is 0.316. The van der Waals surface area contributed by atoms with E-state index in [1.165, 1.54) is 31.4 Å². The molecule has 1 aliphatic carbocycles. The zero-order valence-electron chi connectivity index (χ0n) is 15.7. The second kappa shape index (κ2) is 8.52. The lowest BCUT2D eigenvalue weighted by Crippen LogP contribution is -2.26. The van der Waals surface area contributed by atoms with Gasteiger partial charge in [0.15, 0.2) is 0 Å². The quantitative estimate of drug-likeness (QED) is 0.627. The van der Waals surface area contributed by atoms with E-state index >= 15 is 0 Å². The first-order chi connectivity index (χ1) is 14.1. The molecule has 0 aliphatic heterocycles. The van der Waals surface area contributed by atoms with Crippen LogP contribution in [0.5, 0.6) is 11.5 Å². The number of nitrogens with one attached hydrogen (secondary N) is 1. The Morgan fingerprint density at radius 1 is 1.13 bits per heavy atom. The van der Waals surface area contributed by atoms with Crippen molar-refractivity contribution in [3.05, 3.63) is 53.6 Å². The third-order valence-corrected chi connectivity index (χ3v) is 5.66. The molecule has 0 amide bonds. The van der Waals surface area contributed by atoms with Gasteiger partial charge in [-0.25, -0.2) is 17.9 Å². The van der Waals surface area contributed by atoms with E-state index in [1.54, 1.807) is 0 Å². The molecule has 0 saturated heterocycles. The van der Waals surface area contributed by atoms with Crippen LogP contribution in [0.3, 0.4) is 0 Å². The number of halogens is 3. The Hall–Kier alpha value is -2.79. The van der Waals surface area contributed by atoms with Crippen molar-refractivity contribution >= 4 is 16.0 Å². The number of alkyl halides is 3. The first-order valence-corrected chi connectivity index (χ1v) is 10.3. The van der Waals surface area contributed by atoms with Gasteiger partial charge in [-0.1, -0.05) is 12.1 Å². The van der Waals surface area contributed by atoms with E-state index in [-0.39, 0.29) is 28.9 Å². The van der Waals surface area contributed by atoms with Gasteiger partial charge >= 0.3 is 12.3 Å². The average Bonchev–Trinajstić information content (AvgIpc) is 3.48. The molecular formula is C19H18F3NO6S. The van der Waals surface area contributed by atoms with E-state index < -0.39 is 28.1 Å². The van der Waals surface area contributed by atoms with E-state index in [0.717, 1.165) is 31.0 Å². The van der Waals surface area contributed by atoms with Crippen LogP contribution in [-0.2, 0) is 21.4 Å². The van der Waals surface area contributed by atoms with E-state index in [4.69, 9.17) is 9.47 Å². The van der Waals surface area contributed by atoms with Crippen LogP contribution in [0, 0.1) is 0 Å². The molecule has 0 radical (unpaired) electrons. The van der Waals surface area contributed by atoms with Crippen molar-refractivity contribution in [3.63, 3.8) is 0 Å². The fourth-order valence-electron chi connectivity index (χ4n) is 2.52. The number of benzene rings is 2. The second-order valence-corrected chi connectivity index (χ2v) is 8.21. The fourth-order valence-corrected chi connectivity index (χ4v) is 4.02. The van der Waals surface area contributed by atoms with Gasteiger partial charge < -0.3 is 14.2 Å². The molecular weight excluding hydrogens is 427 g/mol. The van der Waals surface area contributed by atoms with Crippen LogP contribution in [0.25, 0.3) is 0 Å². The highest BCUT2D eigenvalue weighted by Crippen LogP contribution is 2.29. The van der Waals surface area contributed by atoms with Gasteiger partial charge in [-0.15, -0.1) is 13.2 Å². The van der Waals surface area contributed by atoms with E-state index in [2.05, 4.69) is 9.46 Å². The average molecular weight is 445 g/mol. The normalized spacial score (nSPS) is 14.3. The molecule has 2 aromatic carbocycles. The molecule has 1 N–H and O–H groups in total. The van der Waals surface area contributed by atoms with Crippen molar-refractivity contribution in [3.8, 4) is 11.5 Å². The third kappa shape index (κ3) is 5.86. The van der Waals surface area contributed by atoms with Gasteiger partial charge in [-0.05, 0) is 48.7 Å². The van der Waals surface area contributed by atoms with Crippen LogP contribution in [0.1, 0.15) is 28.8 Å². The van der Waals surface area contributed by atoms with Crippen molar-refractivity contribution in [1.29, 1.82) is 0 Å². The molecule has 0 spiro atoms. The number of carbonyl (C=O) groups excluding carboxylic acids is 1. The minimum Gasteiger partial charge on any atom is -0.495 e. The molecule has 1 saturated carbocycles. The number of esters is 1. The highest BCUT2D eigenvalue weighted by Gasteiger charge is 2.31. The van der Waals surface area contributed by atoms with Crippen LogP contribution in [0.4, 0.5) is 13.2 Å². The van der Waals surface area contributed by atoms with Gasteiger partial charge in [0.1, 0.15) is 23.0 Å². The molecule has 2 aromatic rings. The predicted octanol–water partition coefficient (Wildman–Crippen LogP) is 3.39. The summed E-state index contributed by atoms with van der Waals surface area (Å²) in [5, 5.41) is 0.